The Hall–Kier alpha value is -3.79. The van der Waals surface area contributed by atoms with Crippen molar-refractivity contribution in [3.63, 3.8) is 0 Å². The average Bonchev–Trinajstić information content (AvgIpc) is 3.66. The molecule has 2 fully saturated rings. The molecule has 15 heteroatoms. The first-order valence-electron chi connectivity index (χ1n) is 15.4. The van der Waals surface area contributed by atoms with Gasteiger partial charge in [-0.2, -0.15) is 13.9 Å². The van der Waals surface area contributed by atoms with Crippen LogP contribution in [0.2, 0.25) is 0 Å². The van der Waals surface area contributed by atoms with Crippen molar-refractivity contribution in [1.29, 1.82) is 0 Å². The second-order valence-electron chi connectivity index (χ2n) is 11.7. The van der Waals surface area contributed by atoms with Crippen LogP contribution in [0.5, 0.6) is 5.75 Å². The molecule has 3 aromatic rings. The quantitative estimate of drug-likeness (QED) is 0.315. The summed E-state index contributed by atoms with van der Waals surface area (Å²) in [6, 6.07) is 6.41. The zero-order chi connectivity index (χ0) is 32.2. The molecule has 2 amide bonds. The number of carbonyl (C=O) groups is 2. The number of amides is 2. The van der Waals surface area contributed by atoms with Crippen LogP contribution in [-0.2, 0) is 9.53 Å². The molecule has 3 aliphatic rings. The zero-order valence-corrected chi connectivity index (χ0v) is 26.6. The van der Waals surface area contributed by atoms with Gasteiger partial charge in [0.25, 0.3) is 5.91 Å². The van der Waals surface area contributed by atoms with Gasteiger partial charge in [-0.25, -0.2) is 14.9 Å². The van der Waals surface area contributed by atoms with E-state index in [1.807, 2.05) is 18.7 Å². The number of ether oxygens (including phenoxy) is 2. The Bertz CT molecular complexity index is 1570. The highest BCUT2D eigenvalue weighted by atomic mass is 32.2. The molecule has 1 unspecified atom stereocenters. The number of alkyl halides is 2. The molecule has 246 valence electrons. The van der Waals surface area contributed by atoms with E-state index in [0.29, 0.717) is 36.0 Å². The van der Waals surface area contributed by atoms with Crippen LogP contribution in [0, 0.1) is 0 Å². The Kier molecular flexibility index (Phi) is 10.0. The molecule has 46 heavy (non-hydrogen) atoms. The number of hydrogen-bond donors (Lipinski definition) is 2. The molecule has 1 atom stereocenters. The minimum absolute atomic E-state index is 0.0170. The third kappa shape index (κ3) is 7.43. The van der Waals surface area contributed by atoms with E-state index >= 15 is 0 Å². The molecule has 5 heterocycles. The molecule has 0 bridgehead atoms. The molecule has 12 nitrogen and oxygen atoms in total. The molecular weight excluding hydrogens is 618 g/mol. The van der Waals surface area contributed by atoms with Crippen LogP contribution in [-0.4, -0.2) is 105 Å². The lowest BCUT2D eigenvalue weighted by Gasteiger charge is -2.41. The number of carbonyl (C=O) groups excluding carboxylic acids is 2. The first-order valence-corrected chi connectivity index (χ1v) is 16.3. The van der Waals surface area contributed by atoms with Gasteiger partial charge in [0.2, 0.25) is 5.91 Å². The SMILES string of the molecule is CC(C)Sc1ccc(OC(F)F)c(C2NN(CC(=O)N3CCN(C4CCOCC4)CC3)C=C2NC(=O)c2cnn3cccnc23)c1. The molecule has 0 saturated carbocycles. The number of benzene rings is 1. The summed E-state index contributed by atoms with van der Waals surface area (Å²) in [6.45, 7) is 5.37. The van der Waals surface area contributed by atoms with E-state index < -0.39 is 18.6 Å². The maximum atomic E-state index is 13.5. The molecule has 0 radical (unpaired) electrons. The van der Waals surface area contributed by atoms with Crippen molar-refractivity contribution in [2.24, 2.45) is 0 Å². The van der Waals surface area contributed by atoms with E-state index in [9.17, 15) is 18.4 Å². The third-order valence-corrected chi connectivity index (χ3v) is 9.24. The number of hydrazine groups is 1. The first-order chi connectivity index (χ1) is 22.2. The number of thioether (sulfide) groups is 1. The summed E-state index contributed by atoms with van der Waals surface area (Å²) < 4.78 is 38.9. The highest BCUT2D eigenvalue weighted by molar-refractivity contribution is 7.99. The second kappa shape index (κ2) is 14.3. The van der Waals surface area contributed by atoms with E-state index in [1.54, 1.807) is 53.6 Å². The van der Waals surface area contributed by atoms with Gasteiger partial charge < -0.3 is 24.7 Å². The topological polar surface area (TPSA) is 117 Å². The Morgan fingerprint density at radius 1 is 1.17 bits per heavy atom. The van der Waals surface area contributed by atoms with Gasteiger partial charge in [0.05, 0.1) is 17.9 Å². The molecular formula is C31H38F2N8O4S. The average molecular weight is 657 g/mol. The van der Waals surface area contributed by atoms with E-state index in [2.05, 4.69) is 25.7 Å². The minimum Gasteiger partial charge on any atom is -0.434 e. The van der Waals surface area contributed by atoms with Crippen molar-refractivity contribution in [3.8, 4) is 5.75 Å². The van der Waals surface area contributed by atoms with Gasteiger partial charge in [-0.15, -0.1) is 11.8 Å². The molecule has 1 aromatic carbocycles. The van der Waals surface area contributed by atoms with Crippen LogP contribution in [0.25, 0.3) is 5.65 Å². The summed E-state index contributed by atoms with van der Waals surface area (Å²) in [7, 11) is 0. The zero-order valence-electron chi connectivity index (χ0n) is 25.8. The van der Waals surface area contributed by atoms with Crippen LogP contribution >= 0.6 is 11.8 Å². The highest BCUT2D eigenvalue weighted by Gasteiger charge is 2.34. The normalized spacial score (nSPS) is 19.7. The number of hydrogen-bond acceptors (Lipinski definition) is 10. The number of piperazine rings is 1. The summed E-state index contributed by atoms with van der Waals surface area (Å²) in [6.07, 6.45) is 8.31. The summed E-state index contributed by atoms with van der Waals surface area (Å²) in [4.78, 5) is 36.4. The van der Waals surface area contributed by atoms with Crippen LogP contribution in [0.1, 0.15) is 48.7 Å². The Balaban J connectivity index is 1.23. The van der Waals surface area contributed by atoms with Crippen LogP contribution < -0.4 is 15.5 Å². The maximum absolute atomic E-state index is 13.5. The van der Waals surface area contributed by atoms with Crippen LogP contribution in [0.4, 0.5) is 8.78 Å². The minimum atomic E-state index is -3.05. The lowest BCUT2D eigenvalue weighted by Crippen LogP contribution is -2.54. The molecule has 0 aliphatic carbocycles. The standard InChI is InChI=1S/C31H38F2N8O4S/c1-20(2)46-22-4-5-26(45-31(32)33)23(16-22)28-25(36-30(43)24-17-35-41-9-3-8-34-29(24)41)18-40(37-28)19-27(42)39-12-10-38(11-13-39)21-6-14-44-15-7-21/h3-5,8-9,16-18,20-21,28,31,37H,6-7,10-15,19H2,1-2H3,(H,36,43). The van der Waals surface area contributed by atoms with Crippen LogP contribution in [0.15, 0.2) is 59.6 Å². The molecule has 2 N–H and O–H groups in total. The smallest absolute Gasteiger partial charge is 0.387 e. The Labute approximate surface area is 270 Å². The predicted molar refractivity (Wildman–Crippen MR) is 167 cm³/mol. The number of fused-ring (bicyclic) bond motifs is 1. The Morgan fingerprint density at radius 2 is 1.96 bits per heavy atom. The van der Waals surface area contributed by atoms with Crippen molar-refractivity contribution < 1.29 is 27.8 Å². The molecule has 0 spiro atoms. The molecule has 6 rings (SSSR count). The lowest BCUT2D eigenvalue weighted by atomic mass is 10.0. The van der Waals surface area contributed by atoms with Crippen LogP contribution in [0.3, 0.4) is 0 Å². The number of halogens is 2. The van der Waals surface area contributed by atoms with Gasteiger partial charge in [0.1, 0.15) is 17.9 Å². The van der Waals surface area contributed by atoms with Crippen molar-refractivity contribution >= 4 is 29.2 Å². The van der Waals surface area contributed by atoms with Crippen molar-refractivity contribution in [2.75, 3.05) is 45.9 Å². The molecule has 3 aliphatic heterocycles. The van der Waals surface area contributed by atoms with E-state index in [1.165, 1.54) is 16.8 Å². The fourth-order valence-electron chi connectivity index (χ4n) is 6.07. The highest BCUT2D eigenvalue weighted by Crippen LogP contribution is 2.37. The van der Waals surface area contributed by atoms with Gasteiger partial charge in [0.15, 0.2) is 5.65 Å². The number of nitrogens with zero attached hydrogens (tertiary/aromatic N) is 6. The largest absolute Gasteiger partial charge is 0.434 e. The van der Waals surface area contributed by atoms with Gasteiger partial charge in [-0.3, -0.25) is 14.5 Å². The first kappa shape index (κ1) is 32.2. The monoisotopic (exact) mass is 656 g/mol. The summed E-state index contributed by atoms with van der Waals surface area (Å²) in [5.41, 5.74) is 4.62. The predicted octanol–water partition coefficient (Wildman–Crippen LogP) is 3.29. The van der Waals surface area contributed by atoms with Gasteiger partial charge in [-0.05, 0) is 37.1 Å². The van der Waals surface area contributed by atoms with Crippen molar-refractivity contribution in [2.45, 2.75) is 55.5 Å². The van der Waals surface area contributed by atoms with E-state index in [4.69, 9.17) is 9.47 Å². The van der Waals surface area contributed by atoms with E-state index in [0.717, 1.165) is 44.0 Å². The molecule has 2 saturated heterocycles. The fourth-order valence-corrected chi connectivity index (χ4v) is 6.95. The molecule has 2 aromatic heterocycles. The Morgan fingerprint density at radius 3 is 2.70 bits per heavy atom. The van der Waals surface area contributed by atoms with Crippen molar-refractivity contribution in [1.82, 2.24) is 40.1 Å². The summed E-state index contributed by atoms with van der Waals surface area (Å²) in [5, 5.41) is 8.96. The van der Waals surface area contributed by atoms with Gasteiger partial charge >= 0.3 is 6.61 Å². The summed E-state index contributed by atoms with van der Waals surface area (Å²) in [5.74, 6) is -0.592. The fraction of sp³-hybridized carbons (Fsp3) is 0.484. The number of rotatable bonds is 10. The van der Waals surface area contributed by atoms with E-state index in [-0.39, 0.29) is 29.0 Å². The summed E-state index contributed by atoms with van der Waals surface area (Å²) >= 11 is 1.57. The third-order valence-electron chi connectivity index (χ3n) is 8.24. The lowest BCUT2D eigenvalue weighted by molar-refractivity contribution is -0.134. The maximum Gasteiger partial charge on any atom is 0.387 e. The number of nitrogens with one attached hydrogen (secondary N) is 2. The number of aromatic nitrogens is 3. The second-order valence-corrected chi connectivity index (χ2v) is 13.3. The van der Waals surface area contributed by atoms with Gasteiger partial charge in [-0.1, -0.05) is 13.8 Å². The van der Waals surface area contributed by atoms with Gasteiger partial charge in [0, 0.05) is 79.7 Å². The van der Waals surface area contributed by atoms with Crippen molar-refractivity contribution in [3.05, 3.63) is 65.9 Å².